The summed E-state index contributed by atoms with van der Waals surface area (Å²) in [5, 5.41) is 16.8. The molecular formula is C14H18ClN3O3. The number of halogens is 1. The van der Waals surface area contributed by atoms with Gasteiger partial charge in [-0.05, 0) is 50.4 Å². The molecule has 1 aliphatic heterocycles. The summed E-state index contributed by atoms with van der Waals surface area (Å²) >= 11 is 5.73. The third-order valence-electron chi connectivity index (χ3n) is 3.61. The second-order valence-electron chi connectivity index (χ2n) is 5.22. The number of carbonyl (C=O) groups excluding carboxylic acids is 1. The molecule has 2 N–H and O–H groups in total. The van der Waals surface area contributed by atoms with E-state index in [1.54, 1.807) is 6.07 Å². The van der Waals surface area contributed by atoms with Gasteiger partial charge < -0.3 is 10.6 Å². The molecule has 0 spiro atoms. The first kappa shape index (κ1) is 15.7. The zero-order valence-corrected chi connectivity index (χ0v) is 12.4. The summed E-state index contributed by atoms with van der Waals surface area (Å²) in [6, 6.07) is 4.26. The van der Waals surface area contributed by atoms with E-state index >= 15 is 0 Å². The number of nitro benzene ring substituents is 1. The molecule has 114 valence electrons. The van der Waals surface area contributed by atoms with E-state index < -0.39 is 4.92 Å². The number of hydrogen-bond acceptors (Lipinski definition) is 4. The van der Waals surface area contributed by atoms with Crippen molar-refractivity contribution in [2.75, 3.05) is 18.4 Å². The molecule has 6 nitrogen and oxygen atoms in total. The molecule has 0 aliphatic carbocycles. The van der Waals surface area contributed by atoms with Gasteiger partial charge in [0.05, 0.1) is 4.92 Å². The molecule has 0 saturated carbocycles. The van der Waals surface area contributed by atoms with Crippen molar-refractivity contribution in [2.45, 2.75) is 25.7 Å². The van der Waals surface area contributed by atoms with Gasteiger partial charge in [0.25, 0.3) is 5.69 Å². The second-order valence-corrected chi connectivity index (χ2v) is 5.63. The summed E-state index contributed by atoms with van der Waals surface area (Å²) in [6.07, 6.45) is 3.54. The number of anilines is 1. The summed E-state index contributed by atoms with van der Waals surface area (Å²) in [6.45, 7) is 2.01. The molecule has 21 heavy (non-hydrogen) atoms. The molecule has 1 amide bonds. The Morgan fingerprint density at radius 2 is 2.33 bits per heavy atom. The van der Waals surface area contributed by atoms with Gasteiger partial charge in [-0.15, -0.1) is 0 Å². The molecule has 0 bridgehead atoms. The van der Waals surface area contributed by atoms with Crippen LogP contribution in [0.1, 0.15) is 25.7 Å². The van der Waals surface area contributed by atoms with Gasteiger partial charge in [0.1, 0.15) is 5.02 Å². The number of carbonyl (C=O) groups is 1. The standard InChI is InChI=1S/C14H18ClN3O3/c15-12-5-4-11(8-13(12)18(20)21)17-14(19)6-3-10-2-1-7-16-9-10/h4-5,8,10,16H,1-3,6-7,9H2,(H,17,19). The van der Waals surface area contributed by atoms with Gasteiger partial charge in [-0.25, -0.2) is 0 Å². The number of nitro groups is 1. The minimum Gasteiger partial charge on any atom is -0.326 e. The SMILES string of the molecule is O=C(CCC1CCCNC1)Nc1ccc(Cl)c([N+](=O)[O-])c1. The Kier molecular flexibility index (Phi) is 5.52. The van der Waals surface area contributed by atoms with Gasteiger partial charge in [0.15, 0.2) is 0 Å². The molecule has 1 unspecified atom stereocenters. The van der Waals surface area contributed by atoms with Gasteiger partial charge in [-0.3, -0.25) is 14.9 Å². The Hall–Kier alpha value is -1.66. The highest BCUT2D eigenvalue weighted by Gasteiger charge is 2.16. The number of piperidine rings is 1. The second kappa shape index (κ2) is 7.38. The van der Waals surface area contributed by atoms with Crippen LogP contribution in [0.4, 0.5) is 11.4 Å². The maximum Gasteiger partial charge on any atom is 0.289 e. The quantitative estimate of drug-likeness (QED) is 0.646. The van der Waals surface area contributed by atoms with Crippen molar-refractivity contribution in [2.24, 2.45) is 5.92 Å². The van der Waals surface area contributed by atoms with E-state index in [4.69, 9.17) is 11.6 Å². The molecule has 1 aromatic rings. The van der Waals surface area contributed by atoms with Crippen LogP contribution in [0.25, 0.3) is 0 Å². The molecule has 0 aromatic heterocycles. The molecule has 1 aromatic carbocycles. The van der Waals surface area contributed by atoms with Gasteiger partial charge in [-0.2, -0.15) is 0 Å². The maximum absolute atomic E-state index is 11.9. The van der Waals surface area contributed by atoms with Crippen LogP contribution in [0.3, 0.4) is 0 Å². The van der Waals surface area contributed by atoms with Crippen molar-refractivity contribution in [3.05, 3.63) is 33.3 Å². The molecule has 7 heteroatoms. The monoisotopic (exact) mass is 311 g/mol. The van der Waals surface area contributed by atoms with E-state index in [2.05, 4.69) is 10.6 Å². The lowest BCUT2D eigenvalue weighted by Gasteiger charge is -2.22. The van der Waals surface area contributed by atoms with E-state index in [1.165, 1.54) is 12.1 Å². The van der Waals surface area contributed by atoms with Crippen LogP contribution < -0.4 is 10.6 Å². The average molecular weight is 312 g/mol. The highest BCUT2D eigenvalue weighted by atomic mass is 35.5. The van der Waals surface area contributed by atoms with Crippen LogP contribution in [0, 0.1) is 16.0 Å². The average Bonchev–Trinajstić information content (AvgIpc) is 2.48. The third kappa shape index (κ3) is 4.68. The molecule has 1 atom stereocenters. The predicted octanol–water partition coefficient (Wildman–Crippen LogP) is 2.97. The predicted molar refractivity (Wildman–Crippen MR) is 81.6 cm³/mol. The fourth-order valence-corrected chi connectivity index (χ4v) is 2.65. The number of nitrogens with one attached hydrogen (secondary N) is 2. The van der Waals surface area contributed by atoms with Crippen LogP contribution in [-0.4, -0.2) is 23.9 Å². The summed E-state index contributed by atoms with van der Waals surface area (Å²) in [5.74, 6) is 0.404. The van der Waals surface area contributed by atoms with Gasteiger partial charge in [-0.1, -0.05) is 11.6 Å². The topological polar surface area (TPSA) is 84.3 Å². The molecular weight excluding hydrogens is 294 g/mol. The Balaban J connectivity index is 1.87. The summed E-state index contributed by atoms with van der Waals surface area (Å²) in [4.78, 5) is 22.1. The van der Waals surface area contributed by atoms with Crippen LogP contribution in [0.2, 0.25) is 5.02 Å². The Bertz CT molecular complexity index is 530. The third-order valence-corrected chi connectivity index (χ3v) is 3.92. The number of hydrogen-bond donors (Lipinski definition) is 2. The first-order valence-electron chi connectivity index (χ1n) is 7.01. The number of nitrogens with zero attached hydrogens (tertiary/aromatic N) is 1. The molecule has 1 aliphatic rings. The lowest BCUT2D eigenvalue weighted by atomic mass is 9.94. The Labute approximate surface area is 128 Å². The van der Waals surface area contributed by atoms with Crippen molar-refractivity contribution < 1.29 is 9.72 Å². The summed E-state index contributed by atoms with van der Waals surface area (Å²) < 4.78 is 0. The van der Waals surface area contributed by atoms with Crippen LogP contribution >= 0.6 is 11.6 Å². The van der Waals surface area contributed by atoms with Crippen molar-refractivity contribution >= 4 is 28.9 Å². The lowest BCUT2D eigenvalue weighted by Crippen LogP contribution is -2.30. The van der Waals surface area contributed by atoms with Crippen LogP contribution in [0.15, 0.2) is 18.2 Å². The zero-order valence-electron chi connectivity index (χ0n) is 11.6. The van der Waals surface area contributed by atoms with Crippen molar-refractivity contribution in [3.8, 4) is 0 Å². The highest BCUT2D eigenvalue weighted by molar-refractivity contribution is 6.32. The first-order valence-corrected chi connectivity index (χ1v) is 7.38. The van der Waals surface area contributed by atoms with Gasteiger partial charge >= 0.3 is 0 Å². The Morgan fingerprint density at radius 1 is 1.52 bits per heavy atom. The lowest BCUT2D eigenvalue weighted by molar-refractivity contribution is -0.384. The van der Waals surface area contributed by atoms with Crippen molar-refractivity contribution in [3.63, 3.8) is 0 Å². The van der Waals surface area contributed by atoms with Crippen molar-refractivity contribution in [1.29, 1.82) is 0 Å². The number of amides is 1. The van der Waals surface area contributed by atoms with Crippen LogP contribution in [0.5, 0.6) is 0 Å². The molecule has 1 fully saturated rings. The normalized spacial score (nSPS) is 18.2. The summed E-state index contributed by atoms with van der Waals surface area (Å²) in [7, 11) is 0. The number of benzene rings is 1. The van der Waals surface area contributed by atoms with E-state index in [9.17, 15) is 14.9 Å². The van der Waals surface area contributed by atoms with E-state index in [-0.39, 0.29) is 16.6 Å². The van der Waals surface area contributed by atoms with Crippen molar-refractivity contribution in [1.82, 2.24) is 5.32 Å². The van der Waals surface area contributed by atoms with E-state index in [1.807, 2.05) is 0 Å². The summed E-state index contributed by atoms with van der Waals surface area (Å²) in [5.41, 5.74) is 0.198. The minimum absolute atomic E-state index is 0.0614. The molecule has 1 heterocycles. The van der Waals surface area contributed by atoms with Gasteiger partial charge in [0.2, 0.25) is 5.91 Å². The smallest absolute Gasteiger partial charge is 0.289 e. The van der Waals surface area contributed by atoms with Gasteiger partial charge in [0, 0.05) is 18.2 Å². The molecule has 0 radical (unpaired) electrons. The van der Waals surface area contributed by atoms with Crippen LogP contribution in [-0.2, 0) is 4.79 Å². The minimum atomic E-state index is -0.564. The molecule has 2 rings (SSSR count). The Morgan fingerprint density at radius 3 is 3.00 bits per heavy atom. The van der Waals surface area contributed by atoms with E-state index in [0.29, 0.717) is 18.0 Å². The first-order chi connectivity index (χ1) is 10.1. The zero-order chi connectivity index (χ0) is 15.2. The fraction of sp³-hybridized carbons (Fsp3) is 0.500. The van der Waals surface area contributed by atoms with E-state index in [0.717, 1.165) is 32.4 Å². The molecule has 1 saturated heterocycles. The fourth-order valence-electron chi connectivity index (χ4n) is 2.46. The number of rotatable bonds is 5. The highest BCUT2D eigenvalue weighted by Crippen LogP contribution is 2.27. The largest absolute Gasteiger partial charge is 0.326 e. The maximum atomic E-state index is 11.9.